The minimum atomic E-state index is -4.12. The quantitative estimate of drug-likeness (QED) is 0.645. The fourth-order valence-electron chi connectivity index (χ4n) is 1.22. The molecule has 0 aliphatic rings. The van der Waals surface area contributed by atoms with Crippen LogP contribution in [0, 0.1) is 6.92 Å². The topological polar surface area (TPSA) is 35.2 Å². The van der Waals surface area contributed by atoms with Crippen LogP contribution in [0.3, 0.4) is 0 Å². The Morgan fingerprint density at radius 1 is 1.35 bits per heavy atom. The molecule has 0 saturated heterocycles. The molecule has 6 heteroatoms. The highest BCUT2D eigenvalue weighted by Crippen LogP contribution is 2.24. The highest BCUT2D eigenvalue weighted by molar-refractivity contribution is 5.49. The third kappa shape index (κ3) is 3.59. The Kier molecular flexibility index (Phi) is 4.34. The lowest BCUT2D eigenvalue weighted by molar-refractivity contribution is -0.168. The molecular weight excluding hydrogens is 238 g/mol. The first kappa shape index (κ1) is 13.8. The molecule has 1 aromatic carbocycles. The molecule has 0 bridgehead atoms. The molecule has 0 aliphatic carbocycles. The zero-order valence-corrected chi connectivity index (χ0v) is 9.22. The standard InChI is InChI=1S/C11H13F4NO/c1-7-8(3-2-4-9(7)16)5-17-6-11(14,15)10(12)13/h2-4,10H,5-6,16H2,1H3. The lowest BCUT2D eigenvalue weighted by Gasteiger charge is -2.16. The number of hydrogen-bond acceptors (Lipinski definition) is 2. The molecule has 2 nitrogen and oxygen atoms in total. The molecule has 0 atom stereocenters. The van der Waals surface area contributed by atoms with E-state index in [1.165, 1.54) is 0 Å². The fourth-order valence-corrected chi connectivity index (χ4v) is 1.22. The minimum absolute atomic E-state index is 0.167. The number of hydrogen-bond donors (Lipinski definition) is 1. The predicted molar refractivity (Wildman–Crippen MR) is 56.2 cm³/mol. The first-order valence-electron chi connectivity index (χ1n) is 4.92. The molecular formula is C11H13F4NO. The Balaban J connectivity index is 2.55. The van der Waals surface area contributed by atoms with Gasteiger partial charge in [0.25, 0.3) is 0 Å². The smallest absolute Gasteiger partial charge is 0.330 e. The highest BCUT2D eigenvalue weighted by Gasteiger charge is 2.40. The third-order valence-corrected chi connectivity index (χ3v) is 2.36. The van der Waals surface area contributed by atoms with Crippen molar-refractivity contribution in [2.45, 2.75) is 25.9 Å². The number of benzene rings is 1. The van der Waals surface area contributed by atoms with E-state index < -0.39 is 19.0 Å². The van der Waals surface area contributed by atoms with Crippen LogP contribution in [0.15, 0.2) is 18.2 Å². The summed E-state index contributed by atoms with van der Waals surface area (Å²) in [7, 11) is 0. The monoisotopic (exact) mass is 251 g/mol. The summed E-state index contributed by atoms with van der Waals surface area (Å²) in [6.07, 6.45) is -3.72. The van der Waals surface area contributed by atoms with E-state index >= 15 is 0 Å². The third-order valence-electron chi connectivity index (χ3n) is 2.36. The zero-order valence-electron chi connectivity index (χ0n) is 9.22. The summed E-state index contributed by atoms with van der Waals surface area (Å²) < 4.78 is 53.3. The van der Waals surface area contributed by atoms with E-state index in [4.69, 9.17) is 5.73 Å². The van der Waals surface area contributed by atoms with Crippen molar-refractivity contribution in [3.63, 3.8) is 0 Å². The Morgan fingerprint density at radius 3 is 2.59 bits per heavy atom. The maximum atomic E-state index is 12.5. The molecule has 0 spiro atoms. The Bertz CT molecular complexity index is 382. The van der Waals surface area contributed by atoms with Crippen LogP contribution in [0.4, 0.5) is 23.2 Å². The molecule has 0 aliphatic heterocycles. The number of anilines is 1. The Labute approximate surface area is 96.4 Å². The molecule has 0 fully saturated rings. The van der Waals surface area contributed by atoms with Gasteiger partial charge in [0.15, 0.2) is 0 Å². The van der Waals surface area contributed by atoms with E-state index in [-0.39, 0.29) is 6.61 Å². The van der Waals surface area contributed by atoms with Gasteiger partial charge in [-0.05, 0) is 24.1 Å². The van der Waals surface area contributed by atoms with Gasteiger partial charge in [-0.15, -0.1) is 0 Å². The minimum Gasteiger partial charge on any atom is -0.399 e. The van der Waals surface area contributed by atoms with Gasteiger partial charge in [0, 0.05) is 5.69 Å². The van der Waals surface area contributed by atoms with E-state index in [1.807, 2.05) is 0 Å². The molecule has 0 saturated carbocycles. The first-order valence-corrected chi connectivity index (χ1v) is 4.92. The van der Waals surface area contributed by atoms with Crippen LogP contribution in [-0.4, -0.2) is 19.0 Å². The van der Waals surface area contributed by atoms with Gasteiger partial charge in [-0.3, -0.25) is 0 Å². The van der Waals surface area contributed by atoms with Crippen molar-refractivity contribution in [3.8, 4) is 0 Å². The molecule has 0 amide bonds. The second kappa shape index (κ2) is 5.35. The van der Waals surface area contributed by atoms with Crippen molar-refractivity contribution in [2.75, 3.05) is 12.3 Å². The van der Waals surface area contributed by atoms with Gasteiger partial charge in [-0.1, -0.05) is 12.1 Å². The van der Waals surface area contributed by atoms with E-state index in [9.17, 15) is 17.6 Å². The first-order chi connectivity index (χ1) is 7.84. The van der Waals surface area contributed by atoms with Crippen molar-refractivity contribution in [2.24, 2.45) is 0 Å². The normalized spacial score (nSPS) is 12.1. The van der Waals surface area contributed by atoms with Crippen LogP contribution in [0.25, 0.3) is 0 Å². The lowest BCUT2D eigenvalue weighted by atomic mass is 10.1. The SMILES string of the molecule is Cc1c(N)cccc1COCC(F)(F)C(F)F. The van der Waals surface area contributed by atoms with Crippen molar-refractivity contribution >= 4 is 5.69 Å². The van der Waals surface area contributed by atoms with Crippen molar-refractivity contribution in [1.29, 1.82) is 0 Å². The number of nitrogens with two attached hydrogens (primary N) is 1. The summed E-state index contributed by atoms with van der Waals surface area (Å²) in [6.45, 7) is 0.234. The summed E-state index contributed by atoms with van der Waals surface area (Å²) in [5.74, 6) is -4.12. The molecule has 0 heterocycles. The largest absolute Gasteiger partial charge is 0.399 e. The molecule has 2 N–H and O–H groups in total. The summed E-state index contributed by atoms with van der Waals surface area (Å²) in [5.41, 5.74) is 7.42. The van der Waals surface area contributed by atoms with Gasteiger partial charge in [-0.25, -0.2) is 8.78 Å². The Morgan fingerprint density at radius 2 is 2.00 bits per heavy atom. The highest BCUT2D eigenvalue weighted by atomic mass is 19.3. The van der Waals surface area contributed by atoms with Crippen LogP contribution < -0.4 is 5.73 Å². The summed E-state index contributed by atoms with van der Waals surface area (Å²) in [6, 6.07) is 4.95. The van der Waals surface area contributed by atoms with E-state index in [1.54, 1.807) is 25.1 Å². The van der Waals surface area contributed by atoms with Crippen molar-refractivity contribution < 1.29 is 22.3 Å². The van der Waals surface area contributed by atoms with Gasteiger partial charge in [0.05, 0.1) is 6.61 Å². The van der Waals surface area contributed by atoms with Crippen LogP contribution in [0.2, 0.25) is 0 Å². The van der Waals surface area contributed by atoms with Gasteiger partial charge >= 0.3 is 12.3 Å². The van der Waals surface area contributed by atoms with Crippen molar-refractivity contribution in [3.05, 3.63) is 29.3 Å². The summed E-state index contributed by atoms with van der Waals surface area (Å²) >= 11 is 0. The predicted octanol–water partition coefficient (Wildman–Crippen LogP) is 2.99. The van der Waals surface area contributed by atoms with Crippen LogP contribution in [-0.2, 0) is 11.3 Å². The molecule has 1 aromatic rings. The number of alkyl halides is 4. The fraction of sp³-hybridized carbons (Fsp3) is 0.455. The van der Waals surface area contributed by atoms with E-state index in [2.05, 4.69) is 4.74 Å². The average molecular weight is 251 g/mol. The number of rotatable bonds is 5. The summed E-state index contributed by atoms with van der Waals surface area (Å²) in [4.78, 5) is 0. The van der Waals surface area contributed by atoms with Crippen LogP contribution >= 0.6 is 0 Å². The molecule has 96 valence electrons. The van der Waals surface area contributed by atoms with E-state index in [0.717, 1.165) is 0 Å². The van der Waals surface area contributed by atoms with Crippen LogP contribution in [0.5, 0.6) is 0 Å². The lowest BCUT2D eigenvalue weighted by Crippen LogP contribution is -2.32. The average Bonchev–Trinajstić information content (AvgIpc) is 2.24. The maximum Gasteiger partial charge on any atom is 0.330 e. The molecule has 0 unspecified atom stereocenters. The number of nitrogen functional groups attached to an aromatic ring is 1. The molecule has 0 radical (unpaired) electrons. The van der Waals surface area contributed by atoms with E-state index in [0.29, 0.717) is 16.8 Å². The molecule has 17 heavy (non-hydrogen) atoms. The maximum absolute atomic E-state index is 12.5. The molecule has 1 rings (SSSR count). The van der Waals surface area contributed by atoms with Gasteiger partial charge in [0.1, 0.15) is 6.61 Å². The second-order valence-electron chi connectivity index (χ2n) is 3.69. The number of ether oxygens (including phenoxy) is 1. The Hall–Kier alpha value is -1.30. The summed E-state index contributed by atoms with van der Waals surface area (Å²) in [5, 5.41) is 0. The molecule has 0 aromatic heterocycles. The van der Waals surface area contributed by atoms with Gasteiger partial charge < -0.3 is 10.5 Å². The van der Waals surface area contributed by atoms with Crippen molar-refractivity contribution in [1.82, 2.24) is 0 Å². The zero-order chi connectivity index (χ0) is 13.1. The number of halogens is 4. The second-order valence-corrected chi connectivity index (χ2v) is 3.69. The van der Waals surface area contributed by atoms with Crippen LogP contribution in [0.1, 0.15) is 11.1 Å². The van der Waals surface area contributed by atoms with Gasteiger partial charge in [0.2, 0.25) is 0 Å². The van der Waals surface area contributed by atoms with Gasteiger partial charge in [-0.2, -0.15) is 8.78 Å².